The minimum atomic E-state index is -0.429. The first-order chi connectivity index (χ1) is 10.9. The highest BCUT2D eigenvalue weighted by atomic mass is 16.5. The summed E-state index contributed by atoms with van der Waals surface area (Å²) in [5.41, 5.74) is -0.157. The molecule has 3 heterocycles. The number of ether oxygens (including phenoxy) is 2. The maximum absolute atomic E-state index is 12.4. The number of nitrogens with zero attached hydrogens (tertiary/aromatic N) is 4. The van der Waals surface area contributed by atoms with Gasteiger partial charge in [0.1, 0.15) is 12.4 Å². The van der Waals surface area contributed by atoms with Crippen molar-refractivity contribution >= 4 is 17.1 Å². The van der Waals surface area contributed by atoms with Gasteiger partial charge in [0.15, 0.2) is 11.2 Å². The highest BCUT2D eigenvalue weighted by Gasteiger charge is 2.27. The van der Waals surface area contributed by atoms with Crippen LogP contribution < -0.4 is 11.2 Å². The molecule has 0 aliphatic carbocycles. The maximum Gasteiger partial charge on any atom is 0.332 e. The van der Waals surface area contributed by atoms with Crippen LogP contribution in [0.4, 0.5) is 0 Å². The van der Waals surface area contributed by atoms with Gasteiger partial charge in [0.05, 0.1) is 25.7 Å². The number of aromatic nitrogens is 4. The molecular formula is C14H18N4O5. The molecule has 1 aliphatic rings. The van der Waals surface area contributed by atoms with Crippen LogP contribution in [0, 0.1) is 0 Å². The van der Waals surface area contributed by atoms with Gasteiger partial charge in [-0.2, -0.15) is 0 Å². The second-order valence-electron chi connectivity index (χ2n) is 5.46. The van der Waals surface area contributed by atoms with Crippen molar-refractivity contribution in [1.82, 2.24) is 18.7 Å². The standard InChI is InChI=1S/C14H18N4O5/c1-4-22-10(19)5-8-6-18-9(7-23-8)15-12-11(18)13(20)17(3)14(21)16(12)2/h8H,4-7H2,1-3H3. The predicted molar refractivity (Wildman–Crippen MR) is 80.0 cm³/mol. The molecule has 2 aromatic rings. The molecule has 0 radical (unpaired) electrons. The Hall–Kier alpha value is -2.42. The van der Waals surface area contributed by atoms with Crippen LogP contribution in [-0.4, -0.2) is 37.4 Å². The van der Waals surface area contributed by atoms with Crippen LogP contribution in [-0.2, 0) is 41.5 Å². The van der Waals surface area contributed by atoms with Gasteiger partial charge in [-0.3, -0.25) is 18.7 Å². The average Bonchev–Trinajstić information content (AvgIpc) is 2.90. The number of imidazole rings is 1. The van der Waals surface area contributed by atoms with Gasteiger partial charge in [-0.05, 0) is 6.92 Å². The van der Waals surface area contributed by atoms with Gasteiger partial charge in [-0.15, -0.1) is 0 Å². The van der Waals surface area contributed by atoms with Crippen LogP contribution in [0.15, 0.2) is 9.59 Å². The van der Waals surface area contributed by atoms with E-state index >= 15 is 0 Å². The molecule has 0 N–H and O–H groups in total. The Morgan fingerprint density at radius 1 is 1.35 bits per heavy atom. The first-order valence-corrected chi connectivity index (χ1v) is 7.36. The molecule has 0 saturated heterocycles. The molecule has 9 heteroatoms. The summed E-state index contributed by atoms with van der Waals surface area (Å²) in [4.78, 5) is 40.3. The SMILES string of the molecule is CCOC(=O)CC1Cn2c(nc3c2c(=O)n(C)c(=O)n3C)CO1. The molecule has 9 nitrogen and oxygen atoms in total. The van der Waals surface area contributed by atoms with E-state index in [2.05, 4.69) is 4.98 Å². The van der Waals surface area contributed by atoms with Crippen molar-refractivity contribution in [2.45, 2.75) is 32.6 Å². The molecule has 2 aromatic heterocycles. The lowest BCUT2D eigenvalue weighted by atomic mass is 10.2. The summed E-state index contributed by atoms with van der Waals surface area (Å²) < 4.78 is 14.6. The van der Waals surface area contributed by atoms with Crippen molar-refractivity contribution in [3.63, 3.8) is 0 Å². The Bertz CT molecular complexity index is 891. The number of fused-ring (bicyclic) bond motifs is 3. The largest absolute Gasteiger partial charge is 0.466 e. The summed E-state index contributed by atoms with van der Waals surface area (Å²) in [6, 6.07) is 0. The second kappa shape index (κ2) is 5.65. The Kier molecular flexibility index (Phi) is 3.80. The van der Waals surface area contributed by atoms with Gasteiger partial charge in [-0.1, -0.05) is 0 Å². The van der Waals surface area contributed by atoms with E-state index in [4.69, 9.17) is 9.47 Å². The molecule has 0 saturated carbocycles. The fourth-order valence-corrected chi connectivity index (χ4v) is 2.78. The molecule has 0 fully saturated rings. The van der Waals surface area contributed by atoms with Gasteiger partial charge in [0.25, 0.3) is 5.56 Å². The highest BCUT2D eigenvalue weighted by molar-refractivity contribution is 5.72. The summed E-state index contributed by atoms with van der Waals surface area (Å²) >= 11 is 0. The van der Waals surface area contributed by atoms with Crippen molar-refractivity contribution in [1.29, 1.82) is 0 Å². The minimum absolute atomic E-state index is 0.110. The topological polar surface area (TPSA) is 97.4 Å². The van der Waals surface area contributed by atoms with Gasteiger partial charge in [0, 0.05) is 14.1 Å². The molecule has 1 aliphatic heterocycles. The summed E-state index contributed by atoms with van der Waals surface area (Å²) in [5, 5.41) is 0. The van der Waals surface area contributed by atoms with Crippen LogP contribution in [0.3, 0.4) is 0 Å². The Labute approximate surface area is 131 Å². The van der Waals surface area contributed by atoms with Crippen LogP contribution >= 0.6 is 0 Å². The van der Waals surface area contributed by atoms with E-state index < -0.39 is 11.2 Å². The molecule has 1 atom stereocenters. The van der Waals surface area contributed by atoms with Gasteiger partial charge in [0.2, 0.25) is 0 Å². The van der Waals surface area contributed by atoms with Gasteiger partial charge < -0.3 is 14.0 Å². The molecule has 3 rings (SSSR count). The number of carbonyl (C=O) groups excluding carboxylic acids is 1. The lowest BCUT2D eigenvalue weighted by Crippen LogP contribution is -2.38. The Balaban J connectivity index is 2.04. The lowest BCUT2D eigenvalue weighted by molar-refractivity contribution is -0.147. The zero-order valence-electron chi connectivity index (χ0n) is 13.2. The van der Waals surface area contributed by atoms with E-state index in [0.29, 0.717) is 30.1 Å². The monoisotopic (exact) mass is 322 g/mol. The molecule has 0 aromatic carbocycles. The van der Waals surface area contributed by atoms with Crippen LogP contribution in [0.2, 0.25) is 0 Å². The van der Waals surface area contributed by atoms with E-state index in [-0.39, 0.29) is 25.1 Å². The van der Waals surface area contributed by atoms with E-state index in [1.807, 2.05) is 0 Å². The maximum atomic E-state index is 12.4. The predicted octanol–water partition coefficient (Wildman–Crippen LogP) is -0.714. The smallest absolute Gasteiger partial charge is 0.332 e. The van der Waals surface area contributed by atoms with Crippen molar-refractivity contribution in [3.8, 4) is 0 Å². The van der Waals surface area contributed by atoms with E-state index in [9.17, 15) is 14.4 Å². The summed E-state index contributed by atoms with van der Waals surface area (Å²) in [6.07, 6.45) is -0.278. The van der Waals surface area contributed by atoms with Crippen molar-refractivity contribution in [2.75, 3.05) is 6.61 Å². The first-order valence-electron chi connectivity index (χ1n) is 7.36. The van der Waals surface area contributed by atoms with Crippen LogP contribution in [0.5, 0.6) is 0 Å². The zero-order valence-corrected chi connectivity index (χ0v) is 13.2. The quantitative estimate of drug-likeness (QED) is 0.692. The Morgan fingerprint density at radius 2 is 2.09 bits per heavy atom. The third-order valence-corrected chi connectivity index (χ3v) is 3.96. The first kappa shape index (κ1) is 15.5. The third-order valence-electron chi connectivity index (χ3n) is 3.96. The van der Waals surface area contributed by atoms with Crippen LogP contribution in [0.1, 0.15) is 19.2 Å². The fourth-order valence-electron chi connectivity index (χ4n) is 2.78. The molecule has 1 unspecified atom stereocenters. The summed E-state index contributed by atoms with van der Waals surface area (Å²) in [5.74, 6) is 0.226. The third kappa shape index (κ3) is 2.46. The average molecular weight is 322 g/mol. The van der Waals surface area contributed by atoms with Crippen LogP contribution in [0.25, 0.3) is 11.2 Å². The van der Waals surface area contributed by atoms with Crippen molar-refractivity contribution in [3.05, 3.63) is 26.7 Å². The zero-order chi connectivity index (χ0) is 16.7. The molecule has 23 heavy (non-hydrogen) atoms. The fraction of sp³-hybridized carbons (Fsp3) is 0.571. The van der Waals surface area contributed by atoms with Crippen molar-refractivity contribution in [2.24, 2.45) is 14.1 Å². The number of rotatable bonds is 3. The van der Waals surface area contributed by atoms with E-state index in [1.165, 1.54) is 11.6 Å². The second-order valence-corrected chi connectivity index (χ2v) is 5.46. The number of hydrogen-bond acceptors (Lipinski definition) is 6. The number of hydrogen-bond donors (Lipinski definition) is 0. The number of carbonyl (C=O) groups is 1. The summed E-state index contributed by atoms with van der Waals surface area (Å²) in [7, 11) is 3.00. The van der Waals surface area contributed by atoms with Gasteiger partial charge >= 0.3 is 11.7 Å². The van der Waals surface area contributed by atoms with E-state index in [1.54, 1.807) is 18.5 Å². The molecule has 0 amide bonds. The molecule has 0 bridgehead atoms. The lowest BCUT2D eigenvalue weighted by Gasteiger charge is -2.23. The normalized spacial score (nSPS) is 17.3. The Morgan fingerprint density at radius 3 is 2.78 bits per heavy atom. The summed E-state index contributed by atoms with van der Waals surface area (Å²) in [6.45, 7) is 2.55. The molecule has 0 spiro atoms. The van der Waals surface area contributed by atoms with Crippen molar-refractivity contribution < 1.29 is 14.3 Å². The number of esters is 1. The minimum Gasteiger partial charge on any atom is -0.466 e. The number of aryl methyl sites for hydroxylation is 1. The molecule has 124 valence electrons. The highest BCUT2D eigenvalue weighted by Crippen LogP contribution is 2.20. The molecular weight excluding hydrogens is 304 g/mol. The van der Waals surface area contributed by atoms with E-state index in [0.717, 1.165) is 4.57 Å². The van der Waals surface area contributed by atoms with Gasteiger partial charge in [-0.25, -0.2) is 9.78 Å².